The van der Waals surface area contributed by atoms with Gasteiger partial charge in [0.05, 0.1) is 35.7 Å². The summed E-state index contributed by atoms with van der Waals surface area (Å²) < 4.78 is 38.3. The molecule has 1 aliphatic rings. The highest BCUT2D eigenvalue weighted by molar-refractivity contribution is 7.89. The Morgan fingerprint density at radius 1 is 1.00 bits per heavy atom. The molecule has 3 aromatic rings. The standard InChI is InChI=1S/C18H18N4O6S/c23-17(20-11-2-4-13-14(8-11)22-18(24)21-13)10-19-29(25,26)12-3-5-15-16(9-12)28-7-1-6-27-15/h2-5,8-9,19H,1,6-7,10H2,(H,20,23)(H2,21,22,24). The fraction of sp³-hybridized carbons (Fsp3) is 0.222. The summed E-state index contributed by atoms with van der Waals surface area (Å²) in [5, 5.41) is 2.58. The maximum atomic E-state index is 12.5. The van der Waals surface area contributed by atoms with E-state index in [1.807, 2.05) is 0 Å². The molecule has 1 aliphatic heterocycles. The zero-order valence-electron chi connectivity index (χ0n) is 15.2. The molecule has 4 N–H and O–H groups in total. The van der Waals surface area contributed by atoms with Gasteiger partial charge in [-0.05, 0) is 30.3 Å². The van der Waals surface area contributed by atoms with Crippen LogP contribution in [0.5, 0.6) is 11.5 Å². The van der Waals surface area contributed by atoms with Gasteiger partial charge in [-0.1, -0.05) is 0 Å². The number of imidazole rings is 1. The van der Waals surface area contributed by atoms with E-state index < -0.39 is 22.5 Å². The van der Waals surface area contributed by atoms with Crippen molar-refractivity contribution >= 4 is 32.7 Å². The van der Waals surface area contributed by atoms with E-state index in [4.69, 9.17) is 9.47 Å². The smallest absolute Gasteiger partial charge is 0.323 e. The normalized spacial score (nSPS) is 13.8. The third-order valence-corrected chi connectivity index (χ3v) is 5.65. The lowest BCUT2D eigenvalue weighted by Crippen LogP contribution is -2.32. The first-order valence-electron chi connectivity index (χ1n) is 8.82. The molecule has 1 aromatic heterocycles. The van der Waals surface area contributed by atoms with E-state index in [2.05, 4.69) is 20.0 Å². The number of hydrogen-bond acceptors (Lipinski definition) is 6. The molecule has 2 heterocycles. The molecule has 10 nitrogen and oxygen atoms in total. The summed E-state index contributed by atoms with van der Waals surface area (Å²) in [6.07, 6.45) is 0.706. The van der Waals surface area contributed by atoms with Crippen LogP contribution >= 0.6 is 0 Å². The van der Waals surface area contributed by atoms with E-state index in [0.29, 0.717) is 47.9 Å². The topological polar surface area (TPSA) is 142 Å². The van der Waals surface area contributed by atoms with Gasteiger partial charge in [0.1, 0.15) is 0 Å². The summed E-state index contributed by atoms with van der Waals surface area (Å²) in [4.78, 5) is 28.6. The SMILES string of the molecule is O=C(CNS(=O)(=O)c1ccc2c(c1)OCCCO2)Nc1ccc2[nH]c(=O)[nH]c2c1. The first-order chi connectivity index (χ1) is 13.9. The predicted octanol–water partition coefficient (Wildman–Crippen LogP) is 0.934. The van der Waals surface area contributed by atoms with E-state index in [1.165, 1.54) is 18.2 Å². The number of nitrogens with one attached hydrogen (secondary N) is 4. The molecule has 11 heteroatoms. The Balaban J connectivity index is 1.42. The number of ether oxygens (including phenoxy) is 2. The zero-order valence-corrected chi connectivity index (χ0v) is 16.0. The van der Waals surface area contributed by atoms with Crippen LogP contribution in [0.3, 0.4) is 0 Å². The van der Waals surface area contributed by atoms with Crippen molar-refractivity contribution in [1.29, 1.82) is 0 Å². The van der Waals surface area contributed by atoms with Crippen LogP contribution in [0, 0.1) is 0 Å². The van der Waals surface area contributed by atoms with Crippen LogP contribution in [-0.2, 0) is 14.8 Å². The summed E-state index contributed by atoms with van der Waals surface area (Å²) in [5.41, 5.74) is 1.20. The van der Waals surface area contributed by atoms with E-state index in [9.17, 15) is 18.0 Å². The Morgan fingerprint density at radius 2 is 1.76 bits per heavy atom. The summed E-state index contributed by atoms with van der Waals surface area (Å²) in [6, 6.07) is 9.10. The van der Waals surface area contributed by atoms with Crippen LogP contribution in [0.15, 0.2) is 46.1 Å². The van der Waals surface area contributed by atoms with Crippen molar-refractivity contribution in [2.75, 3.05) is 25.1 Å². The minimum Gasteiger partial charge on any atom is -0.490 e. The van der Waals surface area contributed by atoms with Crippen molar-refractivity contribution < 1.29 is 22.7 Å². The maximum Gasteiger partial charge on any atom is 0.323 e. The highest BCUT2D eigenvalue weighted by Gasteiger charge is 2.19. The molecular formula is C18H18N4O6S. The fourth-order valence-electron chi connectivity index (χ4n) is 2.87. The number of benzene rings is 2. The van der Waals surface area contributed by atoms with Crippen LogP contribution in [0.4, 0.5) is 5.69 Å². The van der Waals surface area contributed by atoms with E-state index in [-0.39, 0.29) is 10.6 Å². The average molecular weight is 418 g/mol. The van der Waals surface area contributed by atoms with E-state index in [1.54, 1.807) is 18.2 Å². The Hall–Kier alpha value is -3.31. The van der Waals surface area contributed by atoms with Gasteiger partial charge in [-0.2, -0.15) is 0 Å². The third kappa shape index (κ3) is 4.25. The molecule has 29 heavy (non-hydrogen) atoms. The van der Waals surface area contributed by atoms with Gasteiger partial charge in [0, 0.05) is 18.2 Å². The number of sulfonamides is 1. The number of carbonyl (C=O) groups excluding carboxylic acids is 1. The first-order valence-corrected chi connectivity index (χ1v) is 10.3. The molecule has 0 saturated heterocycles. The van der Waals surface area contributed by atoms with Crippen molar-refractivity contribution in [3.8, 4) is 11.5 Å². The number of H-pyrrole nitrogens is 2. The monoisotopic (exact) mass is 418 g/mol. The fourth-order valence-corrected chi connectivity index (χ4v) is 3.87. The second kappa shape index (κ2) is 7.60. The number of fused-ring (bicyclic) bond motifs is 2. The number of carbonyl (C=O) groups is 1. The van der Waals surface area contributed by atoms with Crippen molar-refractivity contribution in [1.82, 2.24) is 14.7 Å². The number of amides is 1. The Kier molecular flexibility index (Phi) is 4.99. The van der Waals surface area contributed by atoms with Crippen molar-refractivity contribution in [2.24, 2.45) is 0 Å². The Morgan fingerprint density at radius 3 is 2.59 bits per heavy atom. The van der Waals surface area contributed by atoms with Gasteiger partial charge in [-0.3, -0.25) is 4.79 Å². The molecular weight excluding hydrogens is 400 g/mol. The molecule has 0 saturated carbocycles. The number of rotatable bonds is 5. The summed E-state index contributed by atoms with van der Waals surface area (Å²) >= 11 is 0. The molecule has 0 unspecified atom stereocenters. The van der Waals surface area contributed by atoms with Crippen molar-refractivity contribution in [3.63, 3.8) is 0 Å². The number of aromatic amines is 2. The number of hydrogen-bond donors (Lipinski definition) is 4. The summed E-state index contributed by atoms with van der Waals surface area (Å²) in [5.74, 6) is 0.279. The van der Waals surface area contributed by atoms with Gasteiger partial charge >= 0.3 is 5.69 Å². The Labute approximate surface area is 165 Å². The van der Waals surface area contributed by atoms with Gasteiger partial charge in [-0.15, -0.1) is 0 Å². The van der Waals surface area contributed by atoms with Gasteiger partial charge in [0.2, 0.25) is 15.9 Å². The molecule has 2 aromatic carbocycles. The molecule has 0 fully saturated rings. The summed E-state index contributed by atoms with van der Waals surface area (Å²) in [6.45, 7) is 0.474. The summed E-state index contributed by atoms with van der Waals surface area (Å²) in [7, 11) is -3.92. The van der Waals surface area contributed by atoms with Crippen molar-refractivity contribution in [3.05, 3.63) is 46.9 Å². The molecule has 152 valence electrons. The maximum absolute atomic E-state index is 12.5. The van der Waals surface area contributed by atoms with Crippen LogP contribution in [0.25, 0.3) is 11.0 Å². The van der Waals surface area contributed by atoms with Gasteiger partial charge in [0.25, 0.3) is 0 Å². The highest BCUT2D eigenvalue weighted by atomic mass is 32.2. The molecule has 0 radical (unpaired) electrons. The van der Waals surface area contributed by atoms with E-state index >= 15 is 0 Å². The highest BCUT2D eigenvalue weighted by Crippen LogP contribution is 2.31. The van der Waals surface area contributed by atoms with Crippen LogP contribution in [0.2, 0.25) is 0 Å². The van der Waals surface area contributed by atoms with Crippen molar-refractivity contribution in [2.45, 2.75) is 11.3 Å². The van der Waals surface area contributed by atoms with Crippen LogP contribution in [-0.4, -0.2) is 44.1 Å². The quantitative estimate of drug-likeness (QED) is 0.486. The lowest BCUT2D eigenvalue weighted by molar-refractivity contribution is -0.115. The number of anilines is 1. The van der Waals surface area contributed by atoms with Gasteiger partial charge in [-0.25, -0.2) is 17.9 Å². The van der Waals surface area contributed by atoms with Crippen LogP contribution < -0.4 is 25.2 Å². The minimum absolute atomic E-state index is 0.0270. The third-order valence-electron chi connectivity index (χ3n) is 4.25. The Bertz CT molecular complexity index is 1230. The van der Waals surface area contributed by atoms with Gasteiger partial charge in [0.15, 0.2) is 11.5 Å². The van der Waals surface area contributed by atoms with Crippen LogP contribution in [0.1, 0.15) is 6.42 Å². The molecule has 0 bridgehead atoms. The molecule has 1 amide bonds. The number of aromatic nitrogens is 2. The second-order valence-corrected chi connectivity index (χ2v) is 8.14. The largest absolute Gasteiger partial charge is 0.490 e. The lowest BCUT2D eigenvalue weighted by Gasteiger charge is -2.11. The first kappa shape index (κ1) is 19.0. The predicted molar refractivity (Wildman–Crippen MR) is 105 cm³/mol. The second-order valence-electron chi connectivity index (χ2n) is 6.37. The molecule has 4 rings (SSSR count). The van der Waals surface area contributed by atoms with Gasteiger partial charge < -0.3 is 24.8 Å². The minimum atomic E-state index is -3.92. The molecule has 0 aliphatic carbocycles. The van der Waals surface area contributed by atoms with E-state index in [0.717, 1.165) is 0 Å². The zero-order chi connectivity index (χ0) is 20.4. The average Bonchev–Trinajstić information content (AvgIpc) is 2.90. The molecule has 0 atom stereocenters. The lowest BCUT2D eigenvalue weighted by atomic mass is 10.3. The molecule has 0 spiro atoms.